The van der Waals surface area contributed by atoms with Crippen LogP contribution in [-0.2, 0) is 0 Å². The van der Waals surface area contributed by atoms with Gasteiger partial charge in [-0.2, -0.15) is 0 Å². The maximum Gasteiger partial charge on any atom is 0.0885 e. The summed E-state index contributed by atoms with van der Waals surface area (Å²) in [7, 11) is 0. The molecular weight excluding hydrogens is 146 g/mol. The highest BCUT2D eigenvalue weighted by Gasteiger charge is 1.98. The highest BCUT2D eigenvalue weighted by Crippen LogP contribution is 2.15. The Morgan fingerprint density at radius 1 is 1.80 bits per heavy atom. The van der Waals surface area contributed by atoms with Gasteiger partial charge in [-0.3, -0.25) is 0 Å². The molecule has 0 radical (unpaired) electrons. The highest BCUT2D eigenvalue weighted by atomic mass is 32.1. The van der Waals surface area contributed by atoms with E-state index in [1.54, 1.807) is 11.3 Å². The molecule has 10 heavy (non-hydrogen) atoms. The number of nitrogens with one attached hydrogen (secondary N) is 1. The van der Waals surface area contributed by atoms with Crippen molar-refractivity contribution < 1.29 is 5.11 Å². The van der Waals surface area contributed by atoms with E-state index in [0.717, 1.165) is 5.00 Å². The van der Waals surface area contributed by atoms with Gasteiger partial charge in [-0.05, 0) is 24.4 Å². The van der Waals surface area contributed by atoms with Crippen LogP contribution in [-0.4, -0.2) is 17.8 Å². The molecule has 0 saturated carbocycles. The van der Waals surface area contributed by atoms with Crippen LogP contribution < -0.4 is 5.32 Å². The van der Waals surface area contributed by atoms with Crippen molar-refractivity contribution in [1.82, 2.24) is 0 Å². The van der Waals surface area contributed by atoms with Crippen LogP contribution in [0, 0.1) is 0 Å². The van der Waals surface area contributed by atoms with E-state index in [1.807, 2.05) is 24.4 Å². The second kappa shape index (κ2) is 3.58. The normalized spacial score (nSPS) is 13.0. The van der Waals surface area contributed by atoms with Gasteiger partial charge in [0.05, 0.1) is 11.6 Å². The minimum absolute atomic E-state index is 0.152. The number of thiophene rings is 1. The van der Waals surface area contributed by atoms with E-state index < -0.39 is 0 Å². The average molecular weight is 157 g/mol. The molecule has 56 valence electrons. The van der Waals surface area contributed by atoms with Gasteiger partial charge in [0.25, 0.3) is 0 Å². The first-order chi connectivity index (χ1) is 4.83. The van der Waals surface area contributed by atoms with Crippen molar-refractivity contribution in [3.05, 3.63) is 17.5 Å². The van der Waals surface area contributed by atoms with Gasteiger partial charge in [-0.1, -0.05) is 0 Å². The van der Waals surface area contributed by atoms with Crippen LogP contribution in [0.25, 0.3) is 0 Å². The maximum absolute atomic E-state index is 8.68. The summed E-state index contributed by atoms with van der Waals surface area (Å²) in [6.07, 6.45) is 0. The van der Waals surface area contributed by atoms with Crippen molar-refractivity contribution in [2.45, 2.75) is 13.0 Å². The predicted octanol–water partition coefficient (Wildman–Crippen LogP) is 1.54. The van der Waals surface area contributed by atoms with E-state index in [0.29, 0.717) is 0 Å². The van der Waals surface area contributed by atoms with Crippen molar-refractivity contribution >= 4 is 16.3 Å². The summed E-state index contributed by atoms with van der Waals surface area (Å²) in [6, 6.07) is 4.13. The second-order valence-electron chi connectivity index (χ2n) is 2.21. The van der Waals surface area contributed by atoms with Crippen LogP contribution in [0.2, 0.25) is 0 Å². The van der Waals surface area contributed by atoms with Crippen LogP contribution in [0.15, 0.2) is 17.5 Å². The smallest absolute Gasteiger partial charge is 0.0885 e. The molecule has 1 aromatic rings. The van der Waals surface area contributed by atoms with Gasteiger partial charge in [0.1, 0.15) is 0 Å². The number of anilines is 1. The Kier molecular flexibility index (Phi) is 2.71. The molecule has 1 aromatic heterocycles. The first kappa shape index (κ1) is 7.57. The zero-order valence-corrected chi connectivity index (χ0v) is 6.69. The van der Waals surface area contributed by atoms with Crippen molar-refractivity contribution in [2.75, 3.05) is 11.9 Å². The van der Waals surface area contributed by atoms with Gasteiger partial charge in [-0.15, -0.1) is 11.3 Å². The molecule has 2 nitrogen and oxygen atoms in total. The SMILES string of the molecule is C[C@H](CO)Nc1cccs1. The quantitative estimate of drug-likeness (QED) is 0.697. The van der Waals surface area contributed by atoms with E-state index in [4.69, 9.17) is 5.11 Å². The molecule has 0 aromatic carbocycles. The molecule has 1 atom stereocenters. The Hall–Kier alpha value is -0.540. The third-order valence-corrected chi connectivity index (χ3v) is 1.98. The fourth-order valence-corrected chi connectivity index (χ4v) is 1.38. The fraction of sp³-hybridized carbons (Fsp3) is 0.429. The molecule has 2 N–H and O–H groups in total. The van der Waals surface area contributed by atoms with Crippen LogP contribution >= 0.6 is 11.3 Å². The molecule has 0 fully saturated rings. The largest absolute Gasteiger partial charge is 0.394 e. The molecule has 0 amide bonds. The lowest BCUT2D eigenvalue weighted by Crippen LogP contribution is -2.18. The molecule has 1 rings (SSSR count). The van der Waals surface area contributed by atoms with Crippen molar-refractivity contribution in [2.24, 2.45) is 0 Å². The van der Waals surface area contributed by atoms with Crippen LogP contribution in [0.1, 0.15) is 6.92 Å². The van der Waals surface area contributed by atoms with Crippen LogP contribution in [0.5, 0.6) is 0 Å². The summed E-state index contributed by atoms with van der Waals surface area (Å²) in [5.74, 6) is 0. The maximum atomic E-state index is 8.68. The highest BCUT2D eigenvalue weighted by molar-refractivity contribution is 7.14. The van der Waals surface area contributed by atoms with E-state index in [2.05, 4.69) is 5.32 Å². The number of hydrogen-bond acceptors (Lipinski definition) is 3. The number of aliphatic hydroxyl groups is 1. The summed E-state index contributed by atoms with van der Waals surface area (Å²) in [5.41, 5.74) is 0. The van der Waals surface area contributed by atoms with Crippen LogP contribution in [0.4, 0.5) is 5.00 Å². The summed E-state index contributed by atoms with van der Waals surface area (Å²) in [6.45, 7) is 2.12. The monoisotopic (exact) mass is 157 g/mol. The summed E-state index contributed by atoms with van der Waals surface area (Å²) < 4.78 is 0. The lowest BCUT2D eigenvalue weighted by Gasteiger charge is -2.08. The molecule has 1 heterocycles. The summed E-state index contributed by atoms with van der Waals surface area (Å²) in [5, 5.41) is 14.9. The number of hydrogen-bond donors (Lipinski definition) is 2. The molecule has 0 unspecified atom stereocenters. The van der Waals surface area contributed by atoms with Gasteiger partial charge < -0.3 is 10.4 Å². The zero-order chi connectivity index (χ0) is 7.40. The van der Waals surface area contributed by atoms with Gasteiger partial charge in [0.15, 0.2) is 0 Å². The minimum Gasteiger partial charge on any atom is -0.394 e. The Bertz CT molecular complexity index is 174. The fourth-order valence-electron chi connectivity index (χ4n) is 0.649. The third-order valence-electron chi connectivity index (χ3n) is 1.18. The standard InChI is InChI=1S/C7H11NOS/c1-6(5-9)8-7-3-2-4-10-7/h2-4,6,8-9H,5H2,1H3/t6-/m1/s1. The van der Waals surface area contributed by atoms with Crippen molar-refractivity contribution in [3.8, 4) is 0 Å². The second-order valence-corrected chi connectivity index (χ2v) is 3.15. The van der Waals surface area contributed by atoms with Gasteiger partial charge in [0, 0.05) is 6.04 Å². The molecule has 3 heteroatoms. The molecule has 0 aliphatic carbocycles. The van der Waals surface area contributed by atoms with E-state index in [1.165, 1.54) is 0 Å². The molecular formula is C7H11NOS. The Morgan fingerprint density at radius 3 is 3.10 bits per heavy atom. The predicted molar refractivity (Wildman–Crippen MR) is 44.5 cm³/mol. The molecule has 0 aliphatic heterocycles. The topological polar surface area (TPSA) is 32.3 Å². The molecule has 0 bridgehead atoms. The van der Waals surface area contributed by atoms with Gasteiger partial charge in [-0.25, -0.2) is 0 Å². The van der Waals surface area contributed by atoms with Crippen molar-refractivity contribution in [3.63, 3.8) is 0 Å². The van der Waals surface area contributed by atoms with E-state index in [-0.39, 0.29) is 12.6 Å². The van der Waals surface area contributed by atoms with Crippen molar-refractivity contribution in [1.29, 1.82) is 0 Å². The van der Waals surface area contributed by atoms with E-state index >= 15 is 0 Å². The first-order valence-electron chi connectivity index (χ1n) is 3.24. The summed E-state index contributed by atoms with van der Waals surface area (Å²) in [4.78, 5) is 0. The molecule has 0 aliphatic rings. The lowest BCUT2D eigenvalue weighted by atomic mass is 10.4. The zero-order valence-electron chi connectivity index (χ0n) is 5.87. The Labute approximate surface area is 64.5 Å². The molecule has 0 saturated heterocycles. The van der Waals surface area contributed by atoms with Gasteiger partial charge >= 0.3 is 0 Å². The van der Waals surface area contributed by atoms with Gasteiger partial charge in [0.2, 0.25) is 0 Å². The van der Waals surface area contributed by atoms with E-state index in [9.17, 15) is 0 Å². The minimum atomic E-state index is 0.152. The number of aliphatic hydroxyl groups excluding tert-OH is 1. The number of rotatable bonds is 3. The Balaban J connectivity index is 2.40. The average Bonchev–Trinajstić information content (AvgIpc) is 2.40. The summed E-state index contributed by atoms with van der Waals surface area (Å²) >= 11 is 1.64. The first-order valence-corrected chi connectivity index (χ1v) is 4.12. The molecule has 0 spiro atoms. The third kappa shape index (κ3) is 2.01. The van der Waals surface area contributed by atoms with Crippen LogP contribution in [0.3, 0.4) is 0 Å². The lowest BCUT2D eigenvalue weighted by molar-refractivity contribution is 0.281. The Morgan fingerprint density at radius 2 is 2.60 bits per heavy atom.